The van der Waals surface area contributed by atoms with E-state index in [1.165, 1.54) is 0 Å². The summed E-state index contributed by atoms with van der Waals surface area (Å²) >= 11 is 0. The van der Waals surface area contributed by atoms with Crippen molar-refractivity contribution in [2.75, 3.05) is 13.2 Å². The van der Waals surface area contributed by atoms with Crippen molar-refractivity contribution in [1.82, 2.24) is 10.9 Å². The Balaban J connectivity index is 1.76. The Kier molecular flexibility index (Phi) is 6.59. The second-order valence-electron chi connectivity index (χ2n) is 5.23. The highest BCUT2D eigenvalue weighted by atomic mass is 16.5. The number of ether oxygens (including phenoxy) is 2. The van der Waals surface area contributed by atoms with Crippen LogP contribution in [0.25, 0.3) is 0 Å². The standard InChI is InChI=1S/C19H20N2O4/c1-3-11-24-16-9-7-15(8-10-16)19(23)21-20-18(22)13-25-17-6-4-5-14(2)12-17/h3-10,12H,1,11,13H2,2H3,(H,20,22)(H,21,23). The maximum Gasteiger partial charge on any atom is 0.276 e. The number of hydrogen-bond donors (Lipinski definition) is 2. The van der Waals surface area contributed by atoms with Crippen molar-refractivity contribution in [3.8, 4) is 11.5 Å². The molecule has 0 radical (unpaired) electrons. The van der Waals surface area contributed by atoms with Gasteiger partial charge in [-0.3, -0.25) is 20.4 Å². The van der Waals surface area contributed by atoms with Gasteiger partial charge in [0.1, 0.15) is 18.1 Å². The van der Waals surface area contributed by atoms with E-state index < -0.39 is 11.8 Å². The van der Waals surface area contributed by atoms with Gasteiger partial charge in [0.05, 0.1) is 0 Å². The predicted octanol–water partition coefficient (Wildman–Crippen LogP) is 2.40. The van der Waals surface area contributed by atoms with Crippen LogP contribution in [0.5, 0.6) is 11.5 Å². The molecule has 2 aromatic rings. The van der Waals surface area contributed by atoms with Crippen molar-refractivity contribution in [3.63, 3.8) is 0 Å². The number of aryl methyl sites for hydroxylation is 1. The molecule has 0 unspecified atom stereocenters. The molecule has 6 heteroatoms. The van der Waals surface area contributed by atoms with E-state index in [0.29, 0.717) is 23.7 Å². The molecule has 0 saturated heterocycles. The van der Waals surface area contributed by atoms with Gasteiger partial charge in [0.25, 0.3) is 11.8 Å². The molecule has 0 aliphatic heterocycles. The Labute approximate surface area is 146 Å². The summed E-state index contributed by atoms with van der Waals surface area (Å²) in [6.07, 6.45) is 1.63. The first kappa shape index (κ1) is 18.1. The molecule has 0 saturated carbocycles. The Morgan fingerprint density at radius 2 is 1.80 bits per heavy atom. The van der Waals surface area contributed by atoms with E-state index in [-0.39, 0.29) is 6.61 Å². The molecule has 25 heavy (non-hydrogen) atoms. The monoisotopic (exact) mass is 340 g/mol. The summed E-state index contributed by atoms with van der Waals surface area (Å²) in [5, 5.41) is 0. The lowest BCUT2D eigenvalue weighted by Gasteiger charge is -2.09. The molecular weight excluding hydrogens is 320 g/mol. The summed E-state index contributed by atoms with van der Waals surface area (Å²) in [5.41, 5.74) is 6.07. The van der Waals surface area contributed by atoms with Crippen LogP contribution in [0.4, 0.5) is 0 Å². The summed E-state index contributed by atoms with van der Waals surface area (Å²) < 4.78 is 10.7. The molecular formula is C19H20N2O4. The lowest BCUT2D eigenvalue weighted by atomic mass is 10.2. The van der Waals surface area contributed by atoms with Gasteiger partial charge in [-0.15, -0.1) is 0 Å². The third-order valence-electron chi connectivity index (χ3n) is 3.16. The zero-order valence-electron chi connectivity index (χ0n) is 14.0. The summed E-state index contributed by atoms with van der Waals surface area (Å²) in [5.74, 6) is 0.337. The number of hydrazine groups is 1. The first-order valence-corrected chi connectivity index (χ1v) is 7.71. The van der Waals surface area contributed by atoms with Crippen LogP contribution < -0.4 is 20.3 Å². The molecule has 2 rings (SSSR count). The van der Waals surface area contributed by atoms with Crippen molar-refractivity contribution < 1.29 is 19.1 Å². The number of amides is 2. The highest BCUT2D eigenvalue weighted by Crippen LogP contribution is 2.12. The lowest BCUT2D eigenvalue weighted by Crippen LogP contribution is -2.43. The largest absolute Gasteiger partial charge is 0.490 e. The van der Waals surface area contributed by atoms with E-state index >= 15 is 0 Å². The molecule has 2 N–H and O–H groups in total. The van der Waals surface area contributed by atoms with Gasteiger partial charge in [0.15, 0.2) is 6.61 Å². The highest BCUT2D eigenvalue weighted by Gasteiger charge is 2.08. The van der Waals surface area contributed by atoms with Crippen LogP contribution in [0.3, 0.4) is 0 Å². The average Bonchev–Trinajstić information content (AvgIpc) is 2.63. The van der Waals surface area contributed by atoms with E-state index in [2.05, 4.69) is 17.4 Å². The minimum absolute atomic E-state index is 0.196. The number of benzene rings is 2. The Hall–Kier alpha value is -3.28. The molecule has 6 nitrogen and oxygen atoms in total. The summed E-state index contributed by atoms with van der Waals surface area (Å²) in [7, 11) is 0. The molecule has 0 spiro atoms. The maximum absolute atomic E-state index is 12.0. The van der Waals surface area contributed by atoms with Gasteiger partial charge >= 0.3 is 0 Å². The van der Waals surface area contributed by atoms with Gasteiger partial charge in [-0.1, -0.05) is 24.8 Å². The Bertz CT molecular complexity index is 741. The highest BCUT2D eigenvalue weighted by molar-refractivity contribution is 5.95. The van der Waals surface area contributed by atoms with E-state index in [4.69, 9.17) is 9.47 Å². The topological polar surface area (TPSA) is 76.7 Å². The van der Waals surface area contributed by atoms with Crippen LogP contribution in [-0.4, -0.2) is 25.0 Å². The van der Waals surface area contributed by atoms with Crippen LogP contribution in [0.15, 0.2) is 61.2 Å². The van der Waals surface area contributed by atoms with Crippen molar-refractivity contribution >= 4 is 11.8 Å². The van der Waals surface area contributed by atoms with Crippen LogP contribution >= 0.6 is 0 Å². The fraction of sp³-hybridized carbons (Fsp3) is 0.158. The van der Waals surface area contributed by atoms with Crippen LogP contribution in [0.2, 0.25) is 0 Å². The minimum atomic E-state index is -0.458. The number of rotatable bonds is 7. The normalized spacial score (nSPS) is 9.80. The van der Waals surface area contributed by atoms with Crippen molar-refractivity contribution in [1.29, 1.82) is 0 Å². The van der Waals surface area contributed by atoms with E-state index in [1.54, 1.807) is 36.4 Å². The predicted molar refractivity (Wildman–Crippen MR) is 94.4 cm³/mol. The molecule has 130 valence electrons. The van der Waals surface area contributed by atoms with Crippen LogP contribution in [0, 0.1) is 6.92 Å². The van der Waals surface area contributed by atoms with E-state index in [9.17, 15) is 9.59 Å². The molecule has 0 fully saturated rings. The first-order chi connectivity index (χ1) is 12.1. The third-order valence-corrected chi connectivity index (χ3v) is 3.16. The summed E-state index contributed by atoms with van der Waals surface area (Å²) in [6.45, 7) is 5.69. The van der Waals surface area contributed by atoms with Crippen LogP contribution in [0.1, 0.15) is 15.9 Å². The fourth-order valence-electron chi connectivity index (χ4n) is 1.95. The van der Waals surface area contributed by atoms with Gasteiger partial charge in [-0.2, -0.15) is 0 Å². The molecule has 2 aromatic carbocycles. The first-order valence-electron chi connectivity index (χ1n) is 7.71. The molecule has 0 aliphatic rings. The maximum atomic E-state index is 12.0. The SMILES string of the molecule is C=CCOc1ccc(C(=O)NNC(=O)COc2cccc(C)c2)cc1. The minimum Gasteiger partial charge on any atom is -0.490 e. The summed E-state index contributed by atoms with van der Waals surface area (Å²) in [4.78, 5) is 23.7. The van der Waals surface area contributed by atoms with Crippen molar-refractivity contribution in [3.05, 3.63) is 72.3 Å². The second-order valence-corrected chi connectivity index (χ2v) is 5.23. The molecule has 0 aromatic heterocycles. The second kappa shape index (κ2) is 9.12. The quantitative estimate of drug-likeness (QED) is 0.599. The molecule has 0 bridgehead atoms. The van der Waals surface area contributed by atoms with E-state index in [0.717, 1.165) is 5.56 Å². The zero-order valence-corrected chi connectivity index (χ0v) is 14.0. The summed E-state index contributed by atoms with van der Waals surface area (Å²) in [6, 6.07) is 13.9. The third kappa shape index (κ3) is 6.02. The molecule has 2 amide bonds. The fourth-order valence-corrected chi connectivity index (χ4v) is 1.95. The van der Waals surface area contributed by atoms with Crippen LogP contribution in [-0.2, 0) is 4.79 Å². The zero-order chi connectivity index (χ0) is 18.1. The molecule has 0 heterocycles. The lowest BCUT2D eigenvalue weighted by molar-refractivity contribution is -0.123. The van der Waals surface area contributed by atoms with Gasteiger partial charge in [-0.25, -0.2) is 0 Å². The van der Waals surface area contributed by atoms with Gasteiger partial charge in [-0.05, 0) is 48.9 Å². The smallest absolute Gasteiger partial charge is 0.276 e. The molecule has 0 aliphatic carbocycles. The number of carbonyl (C=O) groups excluding carboxylic acids is 2. The Morgan fingerprint density at radius 1 is 1.04 bits per heavy atom. The van der Waals surface area contributed by atoms with Gasteiger partial charge < -0.3 is 9.47 Å². The average molecular weight is 340 g/mol. The number of hydrogen-bond acceptors (Lipinski definition) is 4. The molecule has 0 atom stereocenters. The van der Waals surface area contributed by atoms with Crippen molar-refractivity contribution in [2.45, 2.75) is 6.92 Å². The van der Waals surface area contributed by atoms with Crippen molar-refractivity contribution in [2.24, 2.45) is 0 Å². The van der Waals surface area contributed by atoms with Gasteiger partial charge in [0.2, 0.25) is 0 Å². The number of carbonyl (C=O) groups is 2. The Morgan fingerprint density at radius 3 is 2.48 bits per heavy atom. The van der Waals surface area contributed by atoms with Gasteiger partial charge in [0, 0.05) is 5.56 Å². The van der Waals surface area contributed by atoms with E-state index in [1.807, 2.05) is 25.1 Å². The number of nitrogens with one attached hydrogen (secondary N) is 2.